The monoisotopic (exact) mass is 189 g/mol. The van der Waals surface area contributed by atoms with E-state index in [0.717, 1.165) is 12.2 Å². The van der Waals surface area contributed by atoms with Crippen molar-refractivity contribution < 1.29 is 14.7 Å². The first-order chi connectivity index (χ1) is 5.56. The maximum Gasteiger partial charge on any atom is 0.328 e. The highest BCUT2D eigenvalue weighted by atomic mass is 32.1. The van der Waals surface area contributed by atoms with Crippen molar-refractivity contribution in [2.24, 2.45) is 0 Å². The summed E-state index contributed by atoms with van der Waals surface area (Å²) in [6.45, 7) is 1.86. The molecule has 0 fully saturated rings. The summed E-state index contributed by atoms with van der Waals surface area (Å²) in [4.78, 5) is 20.8. The fraction of sp³-hybridized carbons (Fsp3) is 0.429. The van der Waals surface area contributed by atoms with Gasteiger partial charge in [-0.15, -0.1) is 0 Å². The quantitative estimate of drug-likeness (QED) is 0.341. The summed E-state index contributed by atoms with van der Waals surface area (Å²) in [6.07, 6.45) is 2.43. The third-order valence-corrected chi connectivity index (χ3v) is 1.57. The van der Waals surface area contributed by atoms with Crippen LogP contribution in [0.3, 0.4) is 0 Å². The van der Waals surface area contributed by atoms with Gasteiger partial charge in [0, 0.05) is 12.2 Å². The topological polar surface area (TPSA) is 66.4 Å². The summed E-state index contributed by atoms with van der Waals surface area (Å²) in [6, 6.07) is 0. The Labute approximate surface area is 76.1 Å². The molecular weight excluding hydrogens is 178 g/mol. The summed E-state index contributed by atoms with van der Waals surface area (Å²) in [5, 5.41) is 10.4. The van der Waals surface area contributed by atoms with Gasteiger partial charge in [0.2, 0.25) is 5.91 Å². The van der Waals surface area contributed by atoms with E-state index in [0.29, 0.717) is 6.42 Å². The number of carbonyl (C=O) groups is 2. The first-order valence-electron chi connectivity index (χ1n) is 3.45. The minimum Gasteiger partial charge on any atom is -0.478 e. The third kappa shape index (κ3) is 5.79. The first kappa shape index (κ1) is 11.0. The van der Waals surface area contributed by atoms with E-state index in [9.17, 15) is 9.59 Å². The molecule has 1 atom stereocenters. The van der Waals surface area contributed by atoms with Crippen molar-refractivity contribution >= 4 is 24.5 Å². The van der Waals surface area contributed by atoms with Crippen LogP contribution in [0.1, 0.15) is 13.3 Å². The SMILES string of the molecule is CCC(S)NC(=O)/C=C\C(=O)O. The molecule has 0 saturated heterocycles. The largest absolute Gasteiger partial charge is 0.478 e. The van der Waals surface area contributed by atoms with E-state index >= 15 is 0 Å². The molecule has 0 aromatic rings. The smallest absolute Gasteiger partial charge is 0.328 e. The Morgan fingerprint density at radius 3 is 2.58 bits per heavy atom. The molecule has 0 radical (unpaired) electrons. The van der Waals surface area contributed by atoms with E-state index in [2.05, 4.69) is 17.9 Å². The number of carboxylic acid groups (broad SMARTS) is 1. The van der Waals surface area contributed by atoms with Gasteiger partial charge in [-0.3, -0.25) is 4.79 Å². The van der Waals surface area contributed by atoms with Gasteiger partial charge in [-0.2, -0.15) is 12.6 Å². The molecule has 4 nitrogen and oxygen atoms in total. The van der Waals surface area contributed by atoms with E-state index in [1.165, 1.54) is 0 Å². The Kier molecular flexibility index (Phi) is 5.19. The molecule has 0 bridgehead atoms. The molecule has 0 aliphatic carbocycles. The Morgan fingerprint density at radius 2 is 2.17 bits per heavy atom. The Morgan fingerprint density at radius 1 is 1.58 bits per heavy atom. The zero-order valence-electron chi connectivity index (χ0n) is 6.65. The van der Waals surface area contributed by atoms with Crippen LogP contribution in [0, 0.1) is 0 Å². The summed E-state index contributed by atoms with van der Waals surface area (Å²) in [5.74, 6) is -1.59. The van der Waals surface area contributed by atoms with E-state index in [4.69, 9.17) is 5.11 Å². The number of hydrogen-bond acceptors (Lipinski definition) is 3. The molecule has 68 valence electrons. The van der Waals surface area contributed by atoms with Gasteiger partial charge in [-0.05, 0) is 6.42 Å². The van der Waals surface area contributed by atoms with Crippen molar-refractivity contribution in [3.05, 3.63) is 12.2 Å². The third-order valence-electron chi connectivity index (χ3n) is 1.07. The predicted molar refractivity (Wildman–Crippen MR) is 48.0 cm³/mol. The summed E-state index contributed by atoms with van der Waals surface area (Å²) in [7, 11) is 0. The van der Waals surface area contributed by atoms with E-state index in [1.54, 1.807) is 0 Å². The predicted octanol–water partition coefficient (Wildman–Crippen LogP) is 0.409. The lowest BCUT2D eigenvalue weighted by Crippen LogP contribution is -2.28. The van der Waals surface area contributed by atoms with Crippen LogP contribution in [0.25, 0.3) is 0 Å². The Hall–Kier alpha value is -0.970. The van der Waals surface area contributed by atoms with Crippen molar-refractivity contribution in [2.45, 2.75) is 18.7 Å². The van der Waals surface area contributed by atoms with Gasteiger partial charge in [0.1, 0.15) is 0 Å². The van der Waals surface area contributed by atoms with Crippen LogP contribution < -0.4 is 5.32 Å². The maximum atomic E-state index is 10.8. The second-order valence-electron chi connectivity index (χ2n) is 2.10. The zero-order chi connectivity index (χ0) is 9.56. The number of hydrogen-bond donors (Lipinski definition) is 3. The molecule has 5 heteroatoms. The van der Waals surface area contributed by atoms with Crippen LogP contribution >= 0.6 is 12.6 Å². The van der Waals surface area contributed by atoms with Crippen LogP contribution in [0.2, 0.25) is 0 Å². The van der Waals surface area contributed by atoms with Gasteiger partial charge in [0.15, 0.2) is 0 Å². The molecule has 2 N–H and O–H groups in total. The highest BCUT2D eigenvalue weighted by Gasteiger charge is 2.01. The van der Waals surface area contributed by atoms with Crippen LogP contribution in [0.4, 0.5) is 0 Å². The van der Waals surface area contributed by atoms with Gasteiger partial charge in [-0.1, -0.05) is 6.92 Å². The molecular formula is C7H11NO3S. The molecule has 0 aliphatic heterocycles. The zero-order valence-corrected chi connectivity index (χ0v) is 7.54. The minimum absolute atomic E-state index is 0.226. The van der Waals surface area contributed by atoms with Crippen molar-refractivity contribution in [2.75, 3.05) is 0 Å². The fourth-order valence-corrected chi connectivity index (χ4v) is 0.589. The van der Waals surface area contributed by atoms with E-state index < -0.39 is 11.9 Å². The number of aliphatic carboxylic acids is 1. The molecule has 0 aromatic carbocycles. The highest BCUT2D eigenvalue weighted by molar-refractivity contribution is 7.80. The number of carbonyl (C=O) groups excluding carboxylic acids is 1. The highest BCUT2D eigenvalue weighted by Crippen LogP contribution is 1.94. The number of rotatable bonds is 4. The van der Waals surface area contributed by atoms with Crippen LogP contribution in [0.15, 0.2) is 12.2 Å². The van der Waals surface area contributed by atoms with Gasteiger partial charge >= 0.3 is 5.97 Å². The second kappa shape index (κ2) is 5.65. The number of carboxylic acids is 1. The minimum atomic E-state index is -1.14. The number of amides is 1. The number of thiol groups is 1. The Bertz CT molecular complexity index is 203. The lowest BCUT2D eigenvalue weighted by atomic mass is 10.4. The Balaban J connectivity index is 3.81. The molecule has 0 spiro atoms. The van der Waals surface area contributed by atoms with Crippen LogP contribution in [-0.2, 0) is 9.59 Å². The van der Waals surface area contributed by atoms with E-state index in [1.807, 2.05) is 6.92 Å². The average molecular weight is 189 g/mol. The van der Waals surface area contributed by atoms with Gasteiger partial charge in [0.25, 0.3) is 0 Å². The maximum absolute atomic E-state index is 10.8. The molecule has 0 heterocycles. The van der Waals surface area contributed by atoms with Gasteiger partial charge in [-0.25, -0.2) is 4.79 Å². The normalized spacial score (nSPS) is 12.8. The van der Waals surface area contributed by atoms with Crippen molar-refractivity contribution in [1.29, 1.82) is 0 Å². The summed E-state index contributed by atoms with van der Waals surface area (Å²) < 4.78 is 0. The fourth-order valence-electron chi connectivity index (χ4n) is 0.461. The average Bonchev–Trinajstić information content (AvgIpc) is 2.00. The standard InChI is InChI=1S/C7H11NO3S/c1-2-6(12)8-5(9)3-4-7(10)11/h3-4,6,12H,2H2,1H3,(H,8,9)(H,10,11)/b4-3-. The lowest BCUT2D eigenvalue weighted by Gasteiger charge is -2.06. The van der Waals surface area contributed by atoms with Crippen LogP contribution in [0.5, 0.6) is 0 Å². The number of nitrogens with one attached hydrogen (secondary N) is 1. The molecule has 0 rings (SSSR count). The second-order valence-corrected chi connectivity index (χ2v) is 2.73. The molecule has 0 saturated carbocycles. The molecule has 1 amide bonds. The molecule has 0 aromatic heterocycles. The van der Waals surface area contributed by atoms with Crippen molar-refractivity contribution in [3.8, 4) is 0 Å². The summed E-state index contributed by atoms with van der Waals surface area (Å²) >= 11 is 4.00. The van der Waals surface area contributed by atoms with Gasteiger partial charge in [0.05, 0.1) is 5.37 Å². The van der Waals surface area contributed by atoms with Crippen molar-refractivity contribution in [1.82, 2.24) is 5.32 Å². The van der Waals surface area contributed by atoms with Gasteiger partial charge < -0.3 is 10.4 Å². The molecule has 1 unspecified atom stereocenters. The first-order valence-corrected chi connectivity index (χ1v) is 3.97. The molecule has 12 heavy (non-hydrogen) atoms. The van der Waals surface area contributed by atoms with Crippen LogP contribution in [-0.4, -0.2) is 22.4 Å². The molecule has 0 aliphatic rings. The van der Waals surface area contributed by atoms with E-state index in [-0.39, 0.29) is 5.37 Å². The summed E-state index contributed by atoms with van der Waals surface area (Å²) in [5.41, 5.74) is 0. The van der Waals surface area contributed by atoms with Crippen molar-refractivity contribution in [3.63, 3.8) is 0 Å². The lowest BCUT2D eigenvalue weighted by molar-refractivity contribution is -0.131.